The van der Waals surface area contributed by atoms with Gasteiger partial charge in [0.2, 0.25) is 0 Å². The minimum Gasteiger partial charge on any atom is -0.397 e. The molecule has 0 radical (unpaired) electrons. The highest BCUT2D eigenvalue weighted by Gasteiger charge is 2.65. The molecule has 5 N–H and O–H groups in total. The van der Waals surface area contributed by atoms with Gasteiger partial charge in [-0.1, -0.05) is 27.7 Å². The predicted octanol–water partition coefficient (Wildman–Crippen LogP) is 1.61. The molecule has 2 rings (SSSR count). The van der Waals surface area contributed by atoms with E-state index in [0.29, 0.717) is 17.1 Å². The van der Waals surface area contributed by atoms with E-state index in [-0.39, 0.29) is 16.9 Å². The molecular weight excluding hydrogens is 228 g/mol. The van der Waals surface area contributed by atoms with Crippen LogP contribution in [-0.2, 0) is 0 Å². The molecule has 0 unspecified atom stereocenters. The van der Waals surface area contributed by atoms with Gasteiger partial charge in [-0.05, 0) is 16.9 Å². The molecule has 0 atom stereocenters. The van der Waals surface area contributed by atoms with E-state index in [0.717, 1.165) is 0 Å². The van der Waals surface area contributed by atoms with Gasteiger partial charge in [0.15, 0.2) is 0 Å². The molecule has 0 aromatic carbocycles. The number of anilines is 2. The van der Waals surface area contributed by atoms with Crippen molar-refractivity contribution in [1.82, 2.24) is 4.98 Å². The average molecular weight is 248 g/mol. The van der Waals surface area contributed by atoms with Crippen LogP contribution in [-0.4, -0.2) is 16.9 Å². The van der Waals surface area contributed by atoms with Gasteiger partial charge < -0.3 is 16.8 Å². The topological polar surface area (TPSA) is 94.0 Å². The van der Waals surface area contributed by atoms with Gasteiger partial charge in [0.05, 0.1) is 17.4 Å². The van der Waals surface area contributed by atoms with Crippen LogP contribution in [0.4, 0.5) is 11.5 Å². The van der Waals surface area contributed by atoms with Gasteiger partial charge in [-0.3, -0.25) is 4.79 Å². The quantitative estimate of drug-likeness (QED) is 0.757. The monoisotopic (exact) mass is 248 g/mol. The number of amides is 1. The second kappa shape index (κ2) is 3.60. The van der Waals surface area contributed by atoms with E-state index in [1.165, 1.54) is 6.20 Å². The Morgan fingerprint density at radius 3 is 2.33 bits per heavy atom. The number of nitrogens with one attached hydrogen (secondary N) is 1. The minimum atomic E-state index is -0.520. The van der Waals surface area contributed by atoms with Crippen molar-refractivity contribution in [2.24, 2.45) is 16.6 Å². The van der Waals surface area contributed by atoms with Crippen molar-refractivity contribution in [2.75, 3.05) is 11.1 Å². The van der Waals surface area contributed by atoms with E-state index in [2.05, 4.69) is 38.0 Å². The number of carbonyl (C=O) groups is 1. The molecule has 1 aromatic heterocycles. The molecule has 1 heterocycles. The van der Waals surface area contributed by atoms with Gasteiger partial charge >= 0.3 is 0 Å². The van der Waals surface area contributed by atoms with E-state index in [9.17, 15) is 4.79 Å². The first-order chi connectivity index (χ1) is 8.18. The predicted molar refractivity (Wildman–Crippen MR) is 72.1 cm³/mol. The van der Waals surface area contributed by atoms with Crippen molar-refractivity contribution in [3.63, 3.8) is 0 Å². The Morgan fingerprint density at radius 2 is 1.89 bits per heavy atom. The molecule has 0 aliphatic heterocycles. The van der Waals surface area contributed by atoms with Gasteiger partial charge in [0, 0.05) is 6.04 Å². The molecule has 1 aliphatic rings. The first-order valence-electron chi connectivity index (χ1n) is 6.00. The van der Waals surface area contributed by atoms with Crippen LogP contribution in [0, 0.1) is 10.8 Å². The fourth-order valence-electron chi connectivity index (χ4n) is 2.48. The minimum absolute atomic E-state index is 0.158. The van der Waals surface area contributed by atoms with Crippen LogP contribution in [0.3, 0.4) is 0 Å². The summed E-state index contributed by atoms with van der Waals surface area (Å²) in [5.41, 5.74) is 12.1. The van der Waals surface area contributed by atoms with Crippen LogP contribution in [0.2, 0.25) is 0 Å². The zero-order chi connectivity index (χ0) is 13.7. The number of hydrogen-bond donors (Lipinski definition) is 3. The molecule has 5 heteroatoms. The lowest BCUT2D eigenvalue weighted by molar-refractivity contribution is 0.100. The summed E-state index contributed by atoms with van der Waals surface area (Å²) < 4.78 is 0. The molecule has 98 valence electrons. The highest BCUT2D eigenvalue weighted by atomic mass is 16.1. The second-order valence-corrected chi connectivity index (χ2v) is 6.05. The maximum Gasteiger partial charge on any atom is 0.252 e. The Bertz CT molecular complexity index is 494. The summed E-state index contributed by atoms with van der Waals surface area (Å²) in [4.78, 5) is 15.6. The van der Waals surface area contributed by atoms with Gasteiger partial charge in [0.25, 0.3) is 5.91 Å². The number of primary amides is 1. The third-order valence-corrected chi connectivity index (χ3v) is 4.48. The van der Waals surface area contributed by atoms with Gasteiger partial charge in [0.1, 0.15) is 5.82 Å². The highest BCUT2D eigenvalue weighted by molar-refractivity contribution is 5.98. The number of pyridine rings is 1. The van der Waals surface area contributed by atoms with E-state index in [1.54, 1.807) is 6.07 Å². The maximum absolute atomic E-state index is 11.4. The standard InChI is InChI=1S/C13H20N4O/c1-12(2)11(13(12,3)4)17-10-8(9(15)18)5-7(14)6-16-10/h5-6,11H,14H2,1-4H3,(H2,15,18)(H,16,17). The zero-order valence-electron chi connectivity index (χ0n) is 11.2. The molecule has 1 aliphatic carbocycles. The summed E-state index contributed by atoms with van der Waals surface area (Å²) in [6.07, 6.45) is 1.52. The first kappa shape index (κ1) is 12.7. The van der Waals surface area contributed by atoms with E-state index in [1.807, 2.05) is 0 Å². The number of aromatic nitrogens is 1. The summed E-state index contributed by atoms with van der Waals surface area (Å²) >= 11 is 0. The molecule has 1 saturated carbocycles. The summed E-state index contributed by atoms with van der Waals surface area (Å²) in [7, 11) is 0. The number of nitrogen functional groups attached to an aromatic ring is 1. The number of carbonyl (C=O) groups excluding carboxylic acids is 1. The van der Waals surface area contributed by atoms with Crippen LogP contribution in [0.15, 0.2) is 12.3 Å². The van der Waals surface area contributed by atoms with Gasteiger partial charge in [-0.25, -0.2) is 4.98 Å². The largest absolute Gasteiger partial charge is 0.397 e. The Hall–Kier alpha value is -1.78. The van der Waals surface area contributed by atoms with Crippen molar-refractivity contribution < 1.29 is 4.79 Å². The van der Waals surface area contributed by atoms with E-state index in [4.69, 9.17) is 11.5 Å². The fraction of sp³-hybridized carbons (Fsp3) is 0.538. The Labute approximate surface area is 107 Å². The van der Waals surface area contributed by atoms with E-state index >= 15 is 0 Å². The van der Waals surface area contributed by atoms with Crippen LogP contribution >= 0.6 is 0 Å². The van der Waals surface area contributed by atoms with Crippen LogP contribution in [0.1, 0.15) is 38.1 Å². The highest BCUT2D eigenvalue weighted by Crippen LogP contribution is 2.63. The third kappa shape index (κ3) is 1.70. The molecular formula is C13H20N4O. The summed E-state index contributed by atoms with van der Waals surface area (Å²) in [6, 6.07) is 1.82. The third-order valence-electron chi connectivity index (χ3n) is 4.48. The Morgan fingerprint density at radius 1 is 1.33 bits per heavy atom. The zero-order valence-corrected chi connectivity index (χ0v) is 11.2. The van der Waals surface area contributed by atoms with Crippen molar-refractivity contribution >= 4 is 17.4 Å². The maximum atomic E-state index is 11.4. The molecule has 5 nitrogen and oxygen atoms in total. The lowest BCUT2D eigenvalue weighted by Gasteiger charge is -2.11. The number of nitrogens with two attached hydrogens (primary N) is 2. The first-order valence-corrected chi connectivity index (χ1v) is 6.00. The normalized spacial score (nSPS) is 20.4. The smallest absolute Gasteiger partial charge is 0.252 e. The van der Waals surface area contributed by atoms with Gasteiger partial charge in [-0.15, -0.1) is 0 Å². The molecule has 0 spiro atoms. The molecule has 0 bridgehead atoms. The Balaban J connectivity index is 2.29. The van der Waals surface area contributed by atoms with Gasteiger partial charge in [-0.2, -0.15) is 0 Å². The summed E-state index contributed by atoms with van der Waals surface area (Å²) in [5, 5.41) is 3.31. The fourth-order valence-corrected chi connectivity index (χ4v) is 2.48. The van der Waals surface area contributed by atoms with Crippen LogP contribution < -0.4 is 16.8 Å². The van der Waals surface area contributed by atoms with Crippen molar-refractivity contribution in [1.29, 1.82) is 0 Å². The molecule has 0 saturated heterocycles. The van der Waals surface area contributed by atoms with E-state index < -0.39 is 5.91 Å². The van der Waals surface area contributed by atoms with Crippen molar-refractivity contribution in [3.8, 4) is 0 Å². The molecule has 1 aromatic rings. The number of nitrogens with zero attached hydrogens (tertiary/aromatic N) is 1. The number of hydrogen-bond acceptors (Lipinski definition) is 4. The lowest BCUT2D eigenvalue weighted by atomic mass is 10.0. The van der Waals surface area contributed by atoms with Crippen LogP contribution in [0.25, 0.3) is 0 Å². The molecule has 1 amide bonds. The SMILES string of the molecule is CC1(C)C(Nc2ncc(N)cc2C(N)=O)C1(C)C. The van der Waals surface area contributed by atoms with Crippen LogP contribution in [0.5, 0.6) is 0 Å². The second-order valence-electron chi connectivity index (χ2n) is 6.05. The molecule has 1 fully saturated rings. The molecule has 18 heavy (non-hydrogen) atoms. The summed E-state index contributed by atoms with van der Waals surface area (Å²) in [6.45, 7) is 8.75. The number of rotatable bonds is 3. The average Bonchev–Trinajstić information content (AvgIpc) is 2.62. The lowest BCUT2D eigenvalue weighted by Crippen LogP contribution is -2.19. The van der Waals surface area contributed by atoms with Crippen molar-refractivity contribution in [2.45, 2.75) is 33.7 Å². The Kier molecular flexibility index (Phi) is 2.54. The van der Waals surface area contributed by atoms with Crippen molar-refractivity contribution in [3.05, 3.63) is 17.8 Å². The summed E-state index contributed by atoms with van der Waals surface area (Å²) in [5.74, 6) is -0.00564.